The Morgan fingerprint density at radius 1 is 1.71 bits per heavy atom. The number of carboxylic acid groups (broad SMARTS) is 1. The molecule has 5 nitrogen and oxygen atoms in total. The molecule has 0 aliphatic carbocycles. The monoisotopic (exact) mass is 324 g/mol. The number of hydrogen-bond donors (Lipinski definition) is 2. The van der Waals surface area contributed by atoms with Crippen molar-refractivity contribution in [2.75, 3.05) is 5.32 Å². The van der Waals surface area contributed by atoms with E-state index < -0.39 is 5.97 Å². The summed E-state index contributed by atoms with van der Waals surface area (Å²) in [5, 5.41) is 13.1. The lowest BCUT2D eigenvalue weighted by Crippen LogP contribution is -2.00. The zero-order valence-electron chi connectivity index (χ0n) is 6.73. The standard InChI is InChI=1S/C7H5IN2O3S/c8-1-4(6(12)13)5-2-14-7(10-5)9-3-11/h1-3H,(H,12,13)(H,9,10,11). The van der Waals surface area contributed by atoms with Gasteiger partial charge in [0.2, 0.25) is 6.41 Å². The highest BCUT2D eigenvalue weighted by Gasteiger charge is 2.13. The third-order valence-corrected chi connectivity index (χ3v) is 2.70. The molecular formula is C7H5IN2O3S. The summed E-state index contributed by atoms with van der Waals surface area (Å²) in [5.74, 6) is -1.04. The molecule has 1 aromatic rings. The molecule has 0 spiro atoms. The van der Waals surface area contributed by atoms with Crippen LogP contribution in [0, 0.1) is 0 Å². The molecule has 0 saturated carbocycles. The van der Waals surface area contributed by atoms with Gasteiger partial charge in [-0.1, -0.05) is 22.6 Å². The van der Waals surface area contributed by atoms with Crippen molar-refractivity contribution >= 4 is 57.0 Å². The van der Waals surface area contributed by atoms with Gasteiger partial charge in [-0.25, -0.2) is 9.78 Å². The molecule has 0 aliphatic heterocycles. The van der Waals surface area contributed by atoms with Gasteiger partial charge in [0.25, 0.3) is 0 Å². The molecule has 0 unspecified atom stereocenters. The van der Waals surface area contributed by atoms with Crippen LogP contribution in [0.4, 0.5) is 5.13 Å². The largest absolute Gasteiger partial charge is 0.478 e. The fourth-order valence-corrected chi connectivity index (χ4v) is 1.98. The number of carboxylic acids is 1. The number of carbonyl (C=O) groups excluding carboxylic acids is 1. The van der Waals surface area contributed by atoms with E-state index in [4.69, 9.17) is 5.11 Å². The molecule has 0 atom stereocenters. The molecule has 14 heavy (non-hydrogen) atoms. The minimum Gasteiger partial charge on any atom is -0.478 e. The third-order valence-electron chi connectivity index (χ3n) is 1.30. The zero-order valence-corrected chi connectivity index (χ0v) is 9.70. The summed E-state index contributed by atoms with van der Waals surface area (Å²) in [4.78, 5) is 24.7. The Kier molecular flexibility index (Phi) is 4.01. The van der Waals surface area contributed by atoms with Gasteiger partial charge in [-0.15, -0.1) is 11.3 Å². The van der Waals surface area contributed by atoms with Crippen LogP contribution >= 0.6 is 33.9 Å². The van der Waals surface area contributed by atoms with Gasteiger partial charge < -0.3 is 10.4 Å². The molecule has 0 bridgehead atoms. The number of hydrogen-bond acceptors (Lipinski definition) is 4. The third kappa shape index (κ3) is 2.51. The van der Waals surface area contributed by atoms with Crippen LogP contribution in [0.5, 0.6) is 0 Å². The van der Waals surface area contributed by atoms with Gasteiger partial charge in [0.15, 0.2) is 5.13 Å². The molecule has 0 radical (unpaired) electrons. The highest BCUT2D eigenvalue weighted by atomic mass is 127. The Labute approximate surface area is 97.0 Å². The zero-order chi connectivity index (χ0) is 10.6. The molecule has 0 aliphatic rings. The number of carbonyl (C=O) groups is 2. The summed E-state index contributed by atoms with van der Waals surface area (Å²) in [7, 11) is 0. The van der Waals surface area contributed by atoms with Crippen molar-refractivity contribution in [2.45, 2.75) is 0 Å². The van der Waals surface area contributed by atoms with Crippen molar-refractivity contribution in [2.24, 2.45) is 0 Å². The summed E-state index contributed by atoms with van der Waals surface area (Å²) in [6.07, 6.45) is 0.497. The number of amides is 1. The first kappa shape index (κ1) is 11.1. The fraction of sp³-hybridized carbons (Fsp3) is 0. The SMILES string of the molecule is O=CNc1nc(C(=CI)C(=O)O)cs1. The normalized spacial score (nSPS) is 11.1. The maximum atomic E-state index is 10.7. The molecule has 0 fully saturated rings. The van der Waals surface area contributed by atoms with Gasteiger partial charge in [-0.3, -0.25) is 4.79 Å². The van der Waals surface area contributed by atoms with Crippen molar-refractivity contribution < 1.29 is 14.7 Å². The first-order valence-electron chi connectivity index (χ1n) is 3.38. The Hall–Kier alpha value is -0.960. The molecule has 2 N–H and O–H groups in total. The second-order valence-corrected chi connectivity index (χ2v) is 3.61. The Balaban J connectivity index is 2.95. The topological polar surface area (TPSA) is 79.3 Å². The lowest BCUT2D eigenvalue weighted by molar-refractivity contribution is -0.130. The number of halogens is 1. The molecule has 0 aromatic carbocycles. The van der Waals surface area contributed by atoms with Crippen molar-refractivity contribution in [3.8, 4) is 0 Å². The van der Waals surface area contributed by atoms with Gasteiger partial charge in [0.1, 0.15) is 0 Å². The highest BCUT2D eigenvalue weighted by Crippen LogP contribution is 2.22. The van der Waals surface area contributed by atoms with Crippen LogP contribution in [-0.4, -0.2) is 22.5 Å². The Morgan fingerprint density at radius 3 is 2.93 bits per heavy atom. The Bertz CT molecular complexity index is 388. The first-order valence-corrected chi connectivity index (χ1v) is 5.51. The first-order chi connectivity index (χ1) is 6.69. The van der Waals surface area contributed by atoms with Crippen LogP contribution in [0.1, 0.15) is 5.69 Å². The maximum absolute atomic E-state index is 10.7. The lowest BCUT2D eigenvalue weighted by Gasteiger charge is -1.94. The van der Waals surface area contributed by atoms with Crippen molar-refractivity contribution in [3.05, 3.63) is 15.2 Å². The van der Waals surface area contributed by atoms with E-state index in [1.807, 2.05) is 22.6 Å². The molecule has 1 amide bonds. The number of aromatic nitrogens is 1. The number of rotatable bonds is 4. The van der Waals surface area contributed by atoms with E-state index in [2.05, 4.69) is 10.3 Å². The van der Waals surface area contributed by atoms with E-state index in [1.165, 1.54) is 15.4 Å². The van der Waals surface area contributed by atoms with Crippen LogP contribution in [0.25, 0.3) is 5.57 Å². The molecule has 1 heterocycles. The predicted octanol–water partition coefficient (Wildman–Crippen LogP) is 1.57. The summed E-state index contributed by atoms with van der Waals surface area (Å²) >= 11 is 3.00. The number of nitrogens with zero attached hydrogens (tertiary/aromatic N) is 1. The number of nitrogens with one attached hydrogen (secondary N) is 1. The van der Waals surface area contributed by atoms with E-state index >= 15 is 0 Å². The van der Waals surface area contributed by atoms with Gasteiger partial charge in [-0.2, -0.15) is 0 Å². The lowest BCUT2D eigenvalue weighted by atomic mass is 10.2. The molecule has 74 valence electrons. The van der Waals surface area contributed by atoms with Crippen LogP contribution in [0.2, 0.25) is 0 Å². The summed E-state index contributed by atoms with van der Waals surface area (Å²) < 4.78 is 1.43. The highest BCUT2D eigenvalue weighted by molar-refractivity contribution is 14.1. The molecular weight excluding hydrogens is 319 g/mol. The van der Waals surface area contributed by atoms with E-state index in [1.54, 1.807) is 5.38 Å². The smallest absolute Gasteiger partial charge is 0.338 e. The molecule has 1 aromatic heterocycles. The van der Waals surface area contributed by atoms with Crippen molar-refractivity contribution in [1.82, 2.24) is 4.98 Å². The molecule has 7 heteroatoms. The number of thiazole rings is 1. The van der Waals surface area contributed by atoms with Crippen LogP contribution in [-0.2, 0) is 9.59 Å². The van der Waals surface area contributed by atoms with Gasteiger partial charge >= 0.3 is 5.97 Å². The molecule has 1 rings (SSSR count). The number of anilines is 1. The van der Waals surface area contributed by atoms with Crippen LogP contribution < -0.4 is 5.32 Å². The fourth-order valence-electron chi connectivity index (χ4n) is 0.726. The second-order valence-electron chi connectivity index (χ2n) is 2.13. The van der Waals surface area contributed by atoms with E-state index in [9.17, 15) is 9.59 Å². The van der Waals surface area contributed by atoms with Crippen LogP contribution in [0.15, 0.2) is 9.46 Å². The molecule has 0 saturated heterocycles. The minimum atomic E-state index is -1.04. The van der Waals surface area contributed by atoms with Gasteiger partial charge in [0.05, 0.1) is 11.3 Å². The summed E-state index contributed by atoms with van der Waals surface area (Å²) in [6, 6.07) is 0. The van der Waals surface area contributed by atoms with Gasteiger partial charge in [0, 0.05) is 5.38 Å². The van der Waals surface area contributed by atoms with Crippen molar-refractivity contribution in [1.29, 1.82) is 0 Å². The van der Waals surface area contributed by atoms with E-state index in [0.717, 1.165) is 0 Å². The minimum absolute atomic E-state index is 0.112. The Morgan fingerprint density at radius 2 is 2.43 bits per heavy atom. The average Bonchev–Trinajstić information content (AvgIpc) is 2.54. The van der Waals surface area contributed by atoms with Crippen LogP contribution in [0.3, 0.4) is 0 Å². The quantitative estimate of drug-likeness (QED) is 0.501. The number of aliphatic carboxylic acids is 1. The van der Waals surface area contributed by atoms with Gasteiger partial charge in [-0.05, 0) is 4.08 Å². The summed E-state index contributed by atoms with van der Waals surface area (Å²) in [6.45, 7) is 0. The average molecular weight is 324 g/mol. The second kappa shape index (κ2) is 5.05. The maximum Gasteiger partial charge on any atom is 0.338 e. The van der Waals surface area contributed by atoms with Crippen molar-refractivity contribution in [3.63, 3.8) is 0 Å². The predicted molar refractivity (Wildman–Crippen MR) is 61.4 cm³/mol. The summed E-state index contributed by atoms with van der Waals surface area (Å²) in [5.41, 5.74) is 0.460. The van der Waals surface area contributed by atoms with E-state index in [-0.39, 0.29) is 5.57 Å². The van der Waals surface area contributed by atoms with E-state index in [0.29, 0.717) is 17.2 Å².